The van der Waals surface area contributed by atoms with Crippen LogP contribution in [0.1, 0.15) is 37.5 Å². The quantitative estimate of drug-likeness (QED) is 0.172. The van der Waals surface area contributed by atoms with Crippen molar-refractivity contribution in [2.45, 2.75) is 63.8 Å². The van der Waals surface area contributed by atoms with E-state index in [9.17, 15) is 14.4 Å². The number of rotatable bonds is 12. The number of carbonyl (C=O) groups is 3. The number of hydrogen-bond donors (Lipinski definition) is 5. The molecule has 0 saturated carbocycles. The number of ether oxygens (including phenoxy) is 1. The van der Waals surface area contributed by atoms with Crippen molar-refractivity contribution in [2.75, 3.05) is 6.54 Å². The lowest BCUT2D eigenvalue weighted by atomic mass is 10.0. The van der Waals surface area contributed by atoms with Gasteiger partial charge in [0.2, 0.25) is 11.8 Å². The molecule has 6 N–H and O–H groups in total. The standard InChI is InChI=1S/C34H41N5O4/c1-34(2,3)43-33(42)39-30(20-25-22-36-28-17-11-10-16-27(25)28)32(41)38-29(19-24-14-8-5-9-15-24)31(40)37-26(21-35)18-23-12-6-4-7-13-23/h4-17,22,26,29-30,36H,18-21,35H2,1-3H3,(H,37,40)(H,38,41)(H,39,42)/t26-,29-,30-/m0/s1. The first kappa shape index (κ1) is 31.3. The van der Waals surface area contributed by atoms with E-state index < -0.39 is 29.7 Å². The molecule has 0 bridgehead atoms. The van der Waals surface area contributed by atoms with Gasteiger partial charge < -0.3 is 31.4 Å². The van der Waals surface area contributed by atoms with Gasteiger partial charge in [0.05, 0.1) is 0 Å². The number of nitrogens with one attached hydrogen (secondary N) is 4. The van der Waals surface area contributed by atoms with Crippen LogP contribution in [-0.4, -0.2) is 53.2 Å². The van der Waals surface area contributed by atoms with Crippen molar-refractivity contribution < 1.29 is 19.1 Å². The van der Waals surface area contributed by atoms with Crippen molar-refractivity contribution in [1.82, 2.24) is 20.9 Å². The van der Waals surface area contributed by atoms with E-state index in [1.807, 2.05) is 91.1 Å². The zero-order chi connectivity index (χ0) is 30.8. The zero-order valence-corrected chi connectivity index (χ0v) is 24.9. The first-order valence-electron chi connectivity index (χ1n) is 14.5. The average molecular weight is 584 g/mol. The second-order valence-corrected chi connectivity index (χ2v) is 11.6. The van der Waals surface area contributed by atoms with Crippen LogP contribution in [0.25, 0.3) is 10.9 Å². The minimum absolute atomic E-state index is 0.189. The molecular weight excluding hydrogens is 542 g/mol. The number of alkyl carbamates (subject to hydrolysis) is 1. The number of aromatic nitrogens is 1. The Bertz CT molecular complexity index is 1500. The maximum absolute atomic E-state index is 13.9. The van der Waals surface area contributed by atoms with E-state index in [1.165, 1.54) is 0 Å². The van der Waals surface area contributed by atoms with Crippen molar-refractivity contribution in [3.63, 3.8) is 0 Å². The molecule has 0 fully saturated rings. The highest BCUT2D eigenvalue weighted by atomic mass is 16.6. The Hall–Kier alpha value is -4.63. The molecule has 0 aliphatic carbocycles. The van der Waals surface area contributed by atoms with Crippen LogP contribution in [0.3, 0.4) is 0 Å². The van der Waals surface area contributed by atoms with Gasteiger partial charge in [0.25, 0.3) is 0 Å². The third-order valence-electron chi connectivity index (χ3n) is 6.98. The van der Waals surface area contributed by atoms with Crippen molar-refractivity contribution in [3.8, 4) is 0 Å². The molecule has 226 valence electrons. The number of nitrogens with two attached hydrogens (primary N) is 1. The normalized spacial score (nSPS) is 13.5. The fraction of sp³-hybridized carbons (Fsp3) is 0.324. The highest BCUT2D eigenvalue weighted by molar-refractivity contribution is 5.92. The molecule has 0 radical (unpaired) electrons. The number of aromatic amines is 1. The topological polar surface area (TPSA) is 138 Å². The SMILES string of the molecule is CC(C)(C)OC(=O)N[C@@H](Cc1c[nH]c2ccccc12)C(=O)N[C@@H](Cc1ccccc1)C(=O)N[C@H](CN)Cc1ccccc1. The van der Waals surface area contributed by atoms with Gasteiger partial charge in [-0.05, 0) is 49.9 Å². The fourth-order valence-corrected chi connectivity index (χ4v) is 4.90. The summed E-state index contributed by atoms with van der Waals surface area (Å²) in [5.74, 6) is -0.855. The van der Waals surface area contributed by atoms with Gasteiger partial charge in [-0.3, -0.25) is 9.59 Å². The first-order chi connectivity index (χ1) is 20.6. The number of fused-ring (bicyclic) bond motifs is 1. The Balaban J connectivity index is 1.56. The van der Waals surface area contributed by atoms with Crippen LogP contribution in [0, 0.1) is 0 Å². The highest BCUT2D eigenvalue weighted by Crippen LogP contribution is 2.20. The van der Waals surface area contributed by atoms with Gasteiger partial charge in [0.1, 0.15) is 17.7 Å². The van der Waals surface area contributed by atoms with E-state index >= 15 is 0 Å². The Morgan fingerprint density at radius 2 is 1.30 bits per heavy atom. The molecule has 0 aliphatic heterocycles. The van der Waals surface area contributed by atoms with E-state index in [2.05, 4.69) is 20.9 Å². The summed E-state index contributed by atoms with van der Waals surface area (Å²) in [6.07, 6.45) is 2.10. The van der Waals surface area contributed by atoms with Crippen LogP contribution < -0.4 is 21.7 Å². The lowest BCUT2D eigenvalue weighted by molar-refractivity contribution is -0.130. The second-order valence-electron chi connectivity index (χ2n) is 11.6. The average Bonchev–Trinajstić information content (AvgIpc) is 3.39. The Kier molecular flexibility index (Phi) is 10.6. The number of para-hydroxylation sites is 1. The molecule has 0 spiro atoms. The Morgan fingerprint density at radius 3 is 1.93 bits per heavy atom. The van der Waals surface area contributed by atoms with Gasteiger partial charge in [-0.25, -0.2) is 4.79 Å². The summed E-state index contributed by atoms with van der Waals surface area (Å²) in [6.45, 7) is 5.50. The van der Waals surface area contributed by atoms with Crippen LogP contribution in [-0.2, 0) is 33.6 Å². The Morgan fingerprint density at radius 1 is 0.744 bits per heavy atom. The third-order valence-corrected chi connectivity index (χ3v) is 6.98. The van der Waals surface area contributed by atoms with E-state index in [4.69, 9.17) is 10.5 Å². The predicted molar refractivity (Wildman–Crippen MR) is 168 cm³/mol. The summed E-state index contributed by atoms with van der Waals surface area (Å²) in [5.41, 5.74) is 8.97. The van der Waals surface area contributed by atoms with Crippen LogP contribution in [0.4, 0.5) is 4.79 Å². The van der Waals surface area contributed by atoms with Crippen LogP contribution >= 0.6 is 0 Å². The van der Waals surface area contributed by atoms with Crippen LogP contribution in [0.2, 0.25) is 0 Å². The monoisotopic (exact) mass is 583 g/mol. The van der Waals surface area contributed by atoms with E-state index in [0.29, 0.717) is 6.42 Å². The molecule has 4 aromatic rings. The molecule has 3 amide bonds. The largest absolute Gasteiger partial charge is 0.444 e. The second kappa shape index (κ2) is 14.5. The maximum atomic E-state index is 13.9. The predicted octanol–water partition coefficient (Wildman–Crippen LogP) is 4.02. The minimum Gasteiger partial charge on any atom is -0.444 e. The third kappa shape index (κ3) is 9.44. The molecule has 9 nitrogen and oxygen atoms in total. The van der Waals surface area contributed by atoms with Gasteiger partial charge in [-0.15, -0.1) is 0 Å². The van der Waals surface area contributed by atoms with E-state index in [0.717, 1.165) is 27.6 Å². The summed E-state index contributed by atoms with van der Waals surface area (Å²) < 4.78 is 5.47. The van der Waals surface area contributed by atoms with Crippen molar-refractivity contribution in [2.24, 2.45) is 5.73 Å². The van der Waals surface area contributed by atoms with Gasteiger partial charge in [-0.1, -0.05) is 78.9 Å². The molecular formula is C34H41N5O4. The molecule has 0 aliphatic rings. The maximum Gasteiger partial charge on any atom is 0.408 e. The fourth-order valence-electron chi connectivity index (χ4n) is 4.90. The summed E-state index contributed by atoms with van der Waals surface area (Å²) in [6, 6.07) is 24.7. The van der Waals surface area contributed by atoms with Gasteiger partial charge in [0, 0.05) is 42.5 Å². The lowest BCUT2D eigenvalue weighted by Gasteiger charge is -2.26. The molecule has 1 aromatic heterocycles. The summed E-state index contributed by atoms with van der Waals surface area (Å²) in [5, 5.41) is 9.61. The Labute approximate surface area is 252 Å². The minimum atomic E-state index is -1.00. The molecule has 9 heteroatoms. The number of carbonyl (C=O) groups excluding carboxylic acids is 3. The molecule has 3 atom stereocenters. The lowest BCUT2D eigenvalue weighted by Crippen LogP contribution is -2.57. The summed E-state index contributed by atoms with van der Waals surface area (Å²) in [4.78, 5) is 43.6. The van der Waals surface area contributed by atoms with Crippen LogP contribution in [0.5, 0.6) is 0 Å². The van der Waals surface area contributed by atoms with Crippen LogP contribution in [0.15, 0.2) is 91.1 Å². The number of hydrogen-bond acceptors (Lipinski definition) is 5. The molecule has 1 heterocycles. The van der Waals surface area contributed by atoms with E-state index in [-0.39, 0.29) is 31.3 Å². The van der Waals surface area contributed by atoms with Gasteiger partial charge in [-0.2, -0.15) is 0 Å². The van der Waals surface area contributed by atoms with Crippen molar-refractivity contribution in [1.29, 1.82) is 0 Å². The molecule has 0 saturated heterocycles. The molecule has 4 rings (SSSR count). The van der Waals surface area contributed by atoms with E-state index in [1.54, 1.807) is 20.8 Å². The summed E-state index contributed by atoms with van der Waals surface area (Å²) in [7, 11) is 0. The molecule has 3 aromatic carbocycles. The summed E-state index contributed by atoms with van der Waals surface area (Å²) >= 11 is 0. The number of H-pyrrole nitrogens is 1. The molecule has 0 unspecified atom stereocenters. The van der Waals surface area contributed by atoms with Crippen molar-refractivity contribution >= 4 is 28.8 Å². The van der Waals surface area contributed by atoms with Gasteiger partial charge >= 0.3 is 6.09 Å². The smallest absolute Gasteiger partial charge is 0.408 e. The van der Waals surface area contributed by atoms with Crippen molar-refractivity contribution in [3.05, 3.63) is 108 Å². The zero-order valence-electron chi connectivity index (χ0n) is 24.9. The first-order valence-corrected chi connectivity index (χ1v) is 14.5. The number of benzene rings is 3. The highest BCUT2D eigenvalue weighted by Gasteiger charge is 2.30. The number of amides is 3. The molecule has 43 heavy (non-hydrogen) atoms. The van der Waals surface area contributed by atoms with Gasteiger partial charge in [0.15, 0.2) is 0 Å².